The first-order valence-electron chi connectivity index (χ1n) is 11.0. The van der Waals surface area contributed by atoms with Crippen LogP contribution in [0, 0.1) is 0 Å². The molecule has 2 heterocycles. The summed E-state index contributed by atoms with van der Waals surface area (Å²) in [6.07, 6.45) is 0. The molecule has 0 unspecified atom stereocenters. The quantitative estimate of drug-likeness (QED) is 0.288. The lowest BCUT2D eigenvalue weighted by Crippen LogP contribution is -1.79. The number of nitrogens with one attached hydrogen (secondary N) is 2. The molecule has 0 fully saturated rings. The van der Waals surface area contributed by atoms with Crippen molar-refractivity contribution in [1.82, 2.24) is 9.97 Å². The fourth-order valence-corrected chi connectivity index (χ4v) is 4.91. The van der Waals surface area contributed by atoms with Gasteiger partial charge in [-0.1, -0.05) is 66.7 Å². The molecule has 0 saturated carbocycles. The van der Waals surface area contributed by atoms with Gasteiger partial charge in [-0.25, -0.2) is 0 Å². The largest absolute Gasteiger partial charge is 0.355 e. The lowest BCUT2D eigenvalue weighted by atomic mass is 9.99. The van der Waals surface area contributed by atoms with Gasteiger partial charge >= 0.3 is 0 Å². The Morgan fingerprint density at radius 2 is 0.750 bits per heavy atom. The highest BCUT2D eigenvalue weighted by molar-refractivity contribution is 6.11. The van der Waals surface area contributed by atoms with Crippen LogP contribution in [-0.4, -0.2) is 9.97 Å². The molecule has 0 aliphatic heterocycles. The molecule has 0 amide bonds. The van der Waals surface area contributed by atoms with Gasteiger partial charge in [0.05, 0.1) is 0 Å². The Hall–Kier alpha value is -4.30. The monoisotopic (exact) mass is 408 g/mol. The molecule has 0 bridgehead atoms. The Bertz CT molecular complexity index is 1770. The summed E-state index contributed by atoms with van der Waals surface area (Å²) in [6.45, 7) is 0. The average molecular weight is 409 g/mol. The summed E-state index contributed by atoms with van der Waals surface area (Å²) in [7, 11) is 0. The molecule has 7 rings (SSSR count). The first-order valence-corrected chi connectivity index (χ1v) is 11.0. The van der Waals surface area contributed by atoms with Crippen molar-refractivity contribution >= 4 is 43.6 Å². The summed E-state index contributed by atoms with van der Waals surface area (Å²) in [5.41, 5.74) is 9.64. The summed E-state index contributed by atoms with van der Waals surface area (Å²) >= 11 is 0. The van der Waals surface area contributed by atoms with Crippen LogP contribution in [0.3, 0.4) is 0 Å². The van der Waals surface area contributed by atoms with Gasteiger partial charge in [0, 0.05) is 43.6 Å². The van der Waals surface area contributed by atoms with Crippen LogP contribution in [0.25, 0.3) is 65.9 Å². The van der Waals surface area contributed by atoms with Gasteiger partial charge in [0.25, 0.3) is 0 Å². The van der Waals surface area contributed by atoms with Crippen molar-refractivity contribution < 1.29 is 0 Å². The molecule has 2 N–H and O–H groups in total. The maximum Gasteiger partial charge on any atom is 0.0465 e. The molecule has 0 saturated heterocycles. The standard InChI is InChI=1S/C30H20N2/c1-2-6-19(7-3-1)20-10-13-29-25(16-20)26-18-22(12-15-30(26)32-29)21-11-14-28-24(17-21)23-8-4-5-9-27(23)31-28/h1-18,31-32H. The van der Waals surface area contributed by atoms with Gasteiger partial charge in [0.2, 0.25) is 0 Å². The van der Waals surface area contributed by atoms with Gasteiger partial charge in [-0.05, 0) is 64.7 Å². The van der Waals surface area contributed by atoms with Crippen LogP contribution in [-0.2, 0) is 0 Å². The molecular formula is C30H20N2. The second-order valence-corrected chi connectivity index (χ2v) is 8.44. The molecule has 7 aromatic rings. The van der Waals surface area contributed by atoms with E-state index < -0.39 is 0 Å². The topological polar surface area (TPSA) is 31.6 Å². The van der Waals surface area contributed by atoms with E-state index in [1.807, 2.05) is 0 Å². The van der Waals surface area contributed by atoms with E-state index in [1.54, 1.807) is 0 Å². The molecule has 2 heteroatoms. The van der Waals surface area contributed by atoms with E-state index in [4.69, 9.17) is 0 Å². The van der Waals surface area contributed by atoms with E-state index in [2.05, 4.69) is 119 Å². The van der Waals surface area contributed by atoms with Crippen molar-refractivity contribution in [2.75, 3.05) is 0 Å². The van der Waals surface area contributed by atoms with Crippen molar-refractivity contribution in [2.45, 2.75) is 0 Å². The maximum atomic E-state index is 3.58. The molecule has 5 aromatic carbocycles. The summed E-state index contributed by atoms with van der Waals surface area (Å²) in [5, 5.41) is 5.05. The number of hydrogen-bond donors (Lipinski definition) is 2. The number of aromatic nitrogens is 2. The summed E-state index contributed by atoms with van der Waals surface area (Å²) in [6, 6.07) is 39.2. The zero-order chi connectivity index (χ0) is 21.1. The van der Waals surface area contributed by atoms with Gasteiger partial charge in [-0.15, -0.1) is 0 Å². The molecule has 2 nitrogen and oxygen atoms in total. The smallest absolute Gasteiger partial charge is 0.0465 e. The van der Waals surface area contributed by atoms with E-state index >= 15 is 0 Å². The normalized spacial score (nSPS) is 11.8. The molecule has 2 aromatic heterocycles. The SMILES string of the molecule is c1ccc(-c2ccc3[nH]c4ccc(-c5ccc6[nH]c7ccccc7c6c5)cc4c3c2)cc1. The summed E-state index contributed by atoms with van der Waals surface area (Å²) in [5.74, 6) is 0. The third-order valence-corrected chi connectivity index (χ3v) is 6.55. The third kappa shape index (κ3) is 2.60. The van der Waals surface area contributed by atoms with Gasteiger partial charge < -0.3 is 9.97 Å². The van der Waals surface area contributed by atoms with Gasteiger partial charge in [-0.3, -0.25) is 0 Å². The van der Waals surface area contributed by atoms with E-state index in [-0.39, 0.29) is 0 Å². The number of benzene rings is 5. The summed E-state index contributed by atoms with van der Waals surface area (Å²) in [4.78, 5) is 7.10. The van der Waals surface area contributed by atoms with Gasteiger partial charge in [0.15, 0.2) is 0 Å². The lowest BCUT2D eigenvalue weighted by Gasteiger charge is -2.04. The highest BCUT2D eigenvalue weighted by Crippen LogP contribution is 2.35. The highest BCUT2D eigenvalue weighted by Gasteiger charge is 2.10. The molecule has 32 heavy (non-hydrogen) atoms. The van der Waals surface area contributed by atoms with Crippen molar-refractivity contribution in [2.24, 2.45) is 0 Å². The van der Waals surface area contributed by atoms with Crippen LogP contribution in [0.2, 0.25) is 0 Å². The number of fused-ring (bicyclic) bond motifs is 6. The molecule has 0 atom stereocenters. The van der Waals surface area contributed by atoms with E-state index in [0.717, 1.165) is 0 Å². The van der Waals surface area contributed by atoms with Crippen LogP contribution in [0.5, 0.6) is 0 Å². The molecule has 0 aliphatic rings. The zero-order valence-electron chi connectivity index (χ0n) is 17.4. The van der Waals surface area contributed by atoms with Crippen LogP contribution < -0.4 is 0 Å². The second-order valence-electron chi connectivity index (χ2n) is 8.44. The fourth-order valence-electron chi connectivity index (χ4n) is 4.91. The van der Waals surface area contributed by atoms with E-state index in [0.29, 0.717) is 0 Å². The van der Waals surface area contributed by atoms with E-state index in [9.17, 15) is 0 Å². The first-order chi connectivity index (χ1) is 15.8. The molecule has 0 aliphatic carbocycles. The van der Waals surface area contributed by atoms with Crippen LogP contribution in [0.1, 0.15) is 0 Å². The van der Waals surface area contributed by atoms with E-state index in [1.165, 1.54) is 65.9 Å². The molecule has 150 valence electrons. The predicted octanol–water partition coefficient (Wildman–Crippen LogP) is 8.29. The number of rotatable bonds is 2. The Balaban J connectivity index is 1.42. The lowest BCUT2D eigenvalue weighted by molar-refractivity contribution is 1.54. The summed E-state index contributed by atoms with van der Waals surface area (Å²) < 4.78 is 0. The number of para-hydroxylation sites is 1. The predicted molar refractivity (Wildman–Crippen MR) is 136 cm³/mol. The Morgan fingerprint density at radius 3 is 1.34 bits per heavy atom. The fraction of sp³-hybridized carbons (Fsp3) is 0. The van der Waals surface area contributed by atoms with Crippen LogP contribution >= 0.6 is 0 Å². The van der Waals surface area contributed by atoms with Gasteiger partial charge in [0.1, 0.15) is 0 Å². The molecule has 0 spiro atoms. The Kier molecular flexibility index (Phi) is 3.58. The second kappa shape index (κ2) is 6.60. The molecule has 0 radical (unpaired) electrons. The minimum absolute atomic E-state index is 1.17. The maximum absolute atomic E-state index is 3.58. The number of aromatic amines is 2. The average Bonchev–Trinajstić information content (AvgIpc) is 3.41. The van der Waals surface area contributed by atoms with Crippen molar-refractivity contribution in [3.8, 4) is 22.3 Å². The number of hydrogen-bond acceptors (Lipinski definition) is 0. The number of H-pyrrole nitrogens is 2. The minimum atomic E-state index is 1.17. The third-order valence-electron chi connectivity index (χ3n) is 6.55. The minimum Gasteiger partial charge on any atom is -0.355 e. The first kappa shape index (κ1) is 17.4. The van der Waals surface area contributed by atoms with Gasteiger partial charge in [-0.2, -0.15) is 0 Å². The highest BCUT2D eigenvalue weighted by atomic mass is 14.7. The van der Waals surface area contributed by atoms with Crippen molar-refractivity contribution in [1.29, 1.82) is 0 Å². The Labute approximate surface area is 185 Å². The van der Waals surface area contributed by atoms with Crippen LogP contribution in [0.4, 0.5) is 0 Å². The van der Waals surface area contributed by atoms with Crippen LogP contribution in [0.15, 0.2) is 109 Å². The Morgan fingerprint density at radius 1 is 0.312 bits per heavy atom. The van der Waals surface area contributed by atoms with Crippen molar-refractivity contribution in [3.05, 3.63) is 109 Å². The zero-order valence-corrected chi connectivity index (χ0v) is 17.4. The molecular weight excluding hydrogens is 388 g/mol. The van der Waals surface area contributed by atoms with Crippen molar-refractivity contribution in [3.63, 3.8) is 0 Å².